The lowest BCUT2D eigenvalue weighted by Crippen LogP contribution is -2.57. The summed E-state index contributed by atoms with van der Waals surface area (Å²) in [6.07, 6.45) is 3.66. The summed E-state index contributed by atoms with van der Waals surface area (Å²) in [7, 11) is 3.86. The molecule has 1 amide bonds. The Morgan fingerprint density at radius 1 is 1.10 bits per heavy atom. The Balaban J connectivity index is 1.45. The van der Waals surface area contributed by atoms with E-state index >= 15 is 0 Å². The fourth-order valence-corrected chi connectivity index (χ4v) is 6.35. The Labute approximate surface area is 250 Å². The van der Waals surface area contributed by atoms with Gasteiger partial charge in [0.15, 0.2) is 0 Å². The molecule has 0 radical (unpaired) electrons. The minimum atomic E-state index is -0.553. The van der Waals surface area contributed by atoms with Crippen LogP contribution in [0.15, 0.2) is 30.3 Å². The molecule has 4 heterocycles. The van der Waals surface area contributed by atoms with E-state index in [-0.39, 0.29) is 18.1 Å². The highest BCUT2D eigenvalue weighted by atomic mass is 16.6. The van der Waals surface area contributed by atoms with Crippen LogP contribution in [0.4, 0.5) is 10.6 Å². The second-order valence-corrected chi connectivity index (χ2v) is 12.9. The third-order valence-electron chi connectivity index (χ3n) is 8.54. The van der Waals surface area contributed by atoms with E-state index < -0.39 is 5.60 Å². The summed E-state index contributed by atoms with van der Waals surface area (Å²) >= 11 is 0. The van der Waals surface area contributed by atoms with Gasteiger partial charge in [0.2, 0.25) is 0 Å². The molecular formula is C32H48N6O4. The zero-order valence-electron chi connectivity index (χ0n) is 26.0. The van der Waals surface area contributed by atoms with Crippen LogP contribution in [-0.2, 0) is 22.4 Å². The number of fused-ring (bicyclic) bond motifs is 1. The second-order valence-electron chi connectivity index (χ2n) is 12.9. The minimum Gasteiger partial charge on any atom is -0.462 e. The number of hydrogen-bond acceptors (Lipinski definition) is 9. The molecule has 0 aliphatic carbocycles. The molecule has 0 spiro atoms. The largest absolute Gasteiger partial charge is 0.462 e. The number of nitrogens with one attached hydrogen (secondary N) is 1. The number of ether oxygens (including phenoxy) is 3. The van der Waals surface area contributed by atoms with Crippen LogP contribution in [0, 0.1) is 0 Å². The maximum Gasteiger partial charge on any atom is 0.410 e. The van der Waals surface area contributed by atoms with Crippen molar-refractivity contribution in [2.45, 2.75) is 76.6 Å². The molecule has 0 saturated carbocycles. The molecule has 5 rings (SSSR count). The van der Waals surface area contributed by atoms with E-state index in [9.17, 15) is 4.79 Å². The predicted molar refractivity (Wildman–Crippen MR) is 163 cm³/mol. The van der Waals surface area contributed by atoms with Gasteiger partial charge in [-0.1, -0.05) is 30.3 Å². The molecular weight excluding hydrogens is 532 g/mol. The number of carbonyl (C=O) groups excluding carboxylic acids is 1. The Morgan fingerprint density at radius 2 is 1.90 bits per heavy atom. The van der Waals surface area contributed by atoms with Gasteiger partial charge in [0.1, 0.15) is 18.0 Å². The number of nitrogens with zero attached hydrogens (tertiary/aromatic N) is 5. The number of carbonyl (C=O) groups is 1. The summed E-state index contributed by atoms with van der Waals surface area (Å²) in [5.41, 5.74) is 2.94. The van der Waals surface area contributed by atoms with Crippen LogP contribution in [0.1, 0.15) is 62.8 Å². The number of benzene rings is 1. The number of likely N-dealkylation sites (N-methyl/N-ethyl adjacent to an activating group) is 1. The van der Waals surface area contributed by atoms with Crippen LogP contribution in [0.5, 0.6) is 6.01 Å². The van der Waals surface area contributed by atoms with Crippen molar-refractivity contribution in [1.82, 2.24) is 25.1 Å². The van der Waals surface area contributed by atoms with E-state index in [1.54, 1.807) is 7.11 Å². The SMILES string of the molecule is COCCC1CN(c2nc(OCC3CCCN3C)nc3c2C(Cc2ccccc2)CNC3)CCN1C(=O)OC(C)(C)C. The summed E-state index contributed by atoms with van der Waals surface area (Å²) in [4.78, 5) is 29.8. The lowest BCUT2D eigenvalue weighted by Gasteiger charge is -2.43. The molecule has 42 heavy (non-hydrogen) atoms. The highest BCUT2D eigenvalue weighted by molar-refractivity contribution is 5.69. The van der Waals surface area contributed by atoms with E-state index in [0.29, 0.717) is 57.9 Å². The van der Waals surface area contributed by atoms with E-state index in [4.69, 9.17) is 24.2 Å². The zero-order chi connectivity index (χ0) is 29.7. The maximum atomic E-state index is 13.2. The van der Waals surface area contributed by atoms with Gasteiger partial charge in [-0.2, -0.15) is 9.97 Å². The van der Waals surface area contributed by atoms with Crippen LogP contribution in [0.25, 0.3) is 0 Å². The molecule has 10 heteroatoms. The number of likely N-dealkylation sites (tertiary alicyclic amines) is 1. The first-order valence-electron chi connectivity index (χ1n) is 15.4. The molecule has 0 bridgehead atoms. The van der Waals surface area contributed by atoms with Crippen molar-refractivity contribution in [1.29, 1.82) is 0 Å². The summed E-state index contributed by atoms with van der Waals surface area (Å²) in [5.74, 6) is 1.16. The Kier molecular flexibility index (Phi) is 9.85. The van der Waals surface area contributed by atoms with Gasteiger partial charge >= 0.3 is 12.1 Å². The fourth-order valence-electron chi connectivity index (χ4n) is 6.35. The molecule has 3 unspecified atom stereocenters. The molecule has 3 atom stereocenters. The van der Waals surface area contributed by atoms with Gasteiger partial charge in [0, 0.05) is 64.0 Å². The number of anilines is 1. The van der Waals surface area contributed by atoms with Gasteiger partial charge in [0.25, 0.3) is 0 Å². The number of methoxy groups -OCH3 is 1. The van der Waals surface area contributed by atoms with Crippen molar-refractivity contribution >= 4 is 11.9 Å². The standard InChI is InChI=1S/C32H48N6O4/c1-32(2,3)42-31(39)38-16-15-37(21-25(38)13-17-40-5)29-28-24(18-23-10-7-6-8-11-23)19-33-20-27(28)34-30(35-29)41-22-26-12-9-14-36(26)4/h6-8,10-11,24-26,33H,9,12-22H2,1-5H3. The van der Waals surface area contributed by atoms with Gasteiger partial charge in [-0.15, -0.1) is 0 Å². The van der Waals surface area contributed by atoms with Crippen molar-refractivity contribution in [3.63, 3.8) is 0 Å². The molecule has 2 fully saturated rings. The Bertz CT molecular complexity index is 1190. The number of aromatic nitrogens is 2. The Morgan fingerprint density at radius 3 is 2.62 bits per heavy atom. The average Bonchev–Trinajstić information content (AvgIpc) is 3.38. The summed E-state index contributed by atoms with van der Waals surface area (Å²) in [5, 5.41) is 3.59. The van der Waals surface area contributed by atoms with Crippen LogP contribution < -0.4 is 15.0 Å². The van der Waals surface area contributed by atoms with Crippen LogP contribution in [0.3, 0.4) is 0 Å². The van der Waals surface area contributed by atoms with E-state index in [1.165, 1.54) is 17.5 Å². The summed E-state index contributed by atoms with van der Waals surface area (Å²) < 4.78 is 17.5. The molecule has 230 valence electrons. The van der Waals surface area contributed by atoms with E-state index in [0.717, 1.165) is 37.4 Å². The highest BCUT2D eigenvalue weighted by Crippen LogP contribution is 2.36. The Hall–Kier alpha value is -2.95. The number of hydrogen-bond donors (Lipinski definition) is 1. The van der Waals surface area contributed by atoms with Gasteiger partial charge in [0.05, 0.1) is 11.7 Å². The highest BCUT2D eigenvalue weighted by Gasteiger charge is 2.37. The number of rotatable bonds is 9. The summed E-state index contributed by atoms with van der Waals surface area (Å²) in [6.45, 7) is 11.3. The van der Waals surface area contributed by atoms with Gasteiger partial charge in [-0.3, -0.25) is 0 Å². The first-order valence-corrected chi connectivity index (χ1v) is 15.4. The van der Waals surface area contributed by atoms with E-state index in [2.05, 4.69) is 52.5 Å². The number of piperazine rings is 1. The third kappa shape index (κ3) is 7.51. The second kappa shape index (κ2) is 13.6. The predicted octanol–water partition coefficient (Wildman–Crippen LogP) is 3.84. The molecule has 2 aromatic rings. The first-order chi connectivity index (χ1) is 20.2. The molecule has 3 aliphatic heterocycles. The lowest BCUT2D eigenvalue weighted by molar-refractivity contribution is 0.0105. The van der Waals surface area contributed by atoms with Crippen molar-refractivity contribution < 1.29 is 19.0 Å². The van der Waals surface area contributed by atoms with E-state index in [1.807, 2.05) is 25.7 Å². The van der Waals surface area contributed by atoms with Crippen LogP contribution in [-0.4, -0.2) is 104 Å². The molecule has 3 aliphatic rings. The zero-order valence-corrected chi connectivity index (χ0v) is 26.0. The molecule has 1 aromatic carbocycles. The molecule has 2 saturated heterocycles. The molecule has 1 N–H and O–H groups in total. The van der Waals surface area contributed by atoms with Gasteiger partial charge in [-0.05, 0) is 65.6 Å². The van der Waals surface area contributed by atoms with Crippen LogP contribution in [0.2, 0.25) is 0 Å². The normalized spacial score (nSPS) is 23.1. The van der Waals surface area contributed by atoms with Crippen molar-refractivity contribution in [3.8, 4) is 6.01 Å². The minimum absolute atomic E-state index is 0.0649. The topological polar surface area (TPSA) is 92.3 Å². The fraction of sp³-hybridized carbons (Fsp3) is 0.656. The maximum absolute atomic E-state index is 13.2. The quantitative estimate of drug-likeness (QED) is 0.475. The van der Waals surface area contributed by atoms with Crippen molar-refractivity contribution in [3.05, 3.63) is 47.2 Å². The van der Waals surface area contributed by atoms with Crippen LogP contribution >= 0.6 is 0 Å². The smallest absolute Gasteiger partial charge is 0.410 e. The lowest BCUT2D eigenvalue weighted by atomic mass is 9.88. The van der Waals surface area contributed by atoms with Gasteiger partial charge < -0.3 is 34.2 Å². The van der Waals surface area contributed by atoms with Crippen molar-refractivity contribution in [2.75, 3.05) is 65.0 Å². The van der Waals surface area contributed by atoms with Crippen molar-refractivity contribution in [2.24, 2.45) is 0 Å². The third-order valence-corrected chi connectivity index (χ3v) is 8.54. The molecule has 10 nitrogen and oxygen atoms in total. The first kappa shape index (κ1) is 30.5. The average molecular weight is 581 g/mol. The molecule has 1 aromatic heterocycles. The summed E-state index contributed by atoms with van der Waals surface area (Å²) in [6, 6.07) is 11.4. The number of amides is 1. The van der Waals surface area contributed by atoms with Gasteiger partial charge in [-0.25, -0.2) is 4.79 Å². The monoisotopic (exact) mass is 580 g/mol.